The second-order valence-electron chi connectivity index (χ2n) is 3.29. The molecule has 2 aliphatic rings. The highest BCUT2D eigenvalue weighted by Crippen LogP contribution is 2.17. The van der Waals surface area contributed by atoms with Gasteiger partial charge < -0.3 is 4.90 Å². The van der Waals surface area contributed by atoms with Gasteiger partial charge in [0.15, 0.2) is 0 Å². The second-order valence-corrected chi connectivity index (χ2v) is 3.29. The summed E-state index contributed by atoms with van der Waals surface area (Å²) in [5.74, 6) is -1.33. The van der Waals surface area contributed by atoms with Crippen molar-refractivity contribution in [2.24, 2.45) is 0 Å². The number of rotatable bonds is 2. The van der Waals surface area contributed by atoms with E-state index in [4.69, 9.17) is 5.26 Å². The van der Waals surface area contributed by atoms with Crippen LogP contribution in [0.2, 0.25) is 0 Å². The molecular weight excluding hydrogens is 198 g/mol. The Morgan fingerprint density at radius 1 is 1.47 bits per heavy atom. The summed E-state index contributed by atoms with van der Waals surface area (Å²) in [4.78, 5) is 35.8. The van der Waals surface area contributed by atoms with E-state index in [1.54, 1.807) is 0 Å². The van der Waals surface area contributed by atoms with Gasteiger partial charge in [-0.2, -0.15) is 5.26 Å². The molecular formula is C9H7N3O3. The van der Waals surface area contributed by atoms with Crippen molar-refractivity contribution in [2.75, 3.05) is 13.1 Å². The predicted molar refractivity (Wildman–Crippen MR) is 47.0 cm³/mol. The van der Waals surface area contributed by atoms with Crippen LogP contribution in [-0.4, -0.2) is 46.7 Å². The smallest absolute Gasteiger partial charge is 0.254 e. The van der Waals surface area contributed by atoms with Gasteiger partial charge >= 0.3 is 0 Å². The third kappa shape index (κ3) is 1.59. The molecule has 0 saturated carbocycles. The number of nitrogens with zero attached hydrogens (tertiary/aromatic N) is 3. The highest BCUT2D eigenvalue weighted by Gasteiger charge is 2.40. The minimum Gasteiger partial charge on any atom is -0.320 e. The molecule has 0 spiro atoms. The Labute approximate surface area is 85.4 Å². The van der Waals surface area contributed by atoms with Crippen LogP contribution in [0.4, 0.5) is 0 Å². The van der Waals surface area contributed by atoms with Crippen LogP contribution in [0.15, 0.2) is 12.2 Å². The van der Waals surface area contributed by atoms with E-state index in [-0.39, 0.29) is 12.5 Å². The summed E-state index contributed by atoms with van der Waals surface area (Å²) in [5.41, 5.74) is 0. The summed E-state index contributed by atoms with van der Waals surface area (Å²) in [7, 11) is 0. The summed E-state index contributed by atoms with van der Waals surface area (Å²) in [6.07, 6.45) is 2.25. The molecule has 1 fully saturated rings. The van der Waals surface area contributed by atoms with E-state index < -0.39 is 17.9 Å². The normalized spacial score (nSPS) is 23.3. The molecule has 1 saturated heterocycles. The van der Waals surface area contributed by atoms with Crippen molar-refractivity contribution in [1.29, 1.82) is 5.26 Å². The van der Waals surface area contributed by atoms with E-state index >= 15 is 0 Å². The Morgan fingerprint density at radius 2 is 2.07 bits per heavy atom. The van der Waals surface area contributed by atoms with Gasteiger partial charge in [-0.3, -0.25) is 19.3 Å². The van der Waals surface area contributed by atoms with Crippen molar-refractivity contribution < 1.29 is 14.4 Å². The third-order valence-electron chi connectivity index (χ3n) is 2.28. The fourth-order valence-corrected chi connectivity index (χ4v) is 1.34. The van der Waals surface area contributed by atoms with E-state index in [1.165, 1.54) is 4.90 Å². The molecule has 2 rings (SSSR count). The Kier molecular flexibility index (Phi) is 2.01. The van der Waals surface area contributed by atoms with Crippen LogP contribution in [0.25, 0.3) is 0 Å². The van der Waals surface area contributed by atoms with Crippen molar-refractivity contribution in [1.82, 2.24) is 9.80 Å². The standard InChI is InChI=1S/C9H7N3O3/c10-3-6-4-11(6)9(15)5-12-7(13)1-2-8(12)14/h1-2,6H,4-5H2. The Bertz CT molecular complexity index is 403. The number of imide groups is 1. The van der Waals surface area contributed by atoms with Gasteiger partial charge in [-0.05, 0) is 0 Å². The molecule has 0 aromatic rings. The first kappa shape index (κ1) is 9.40. The van der Waals surface area contributed by atoms with Gasteiger partial charge in [0.05, 0.1) is 12.6 Å². The third-order valence-corrected chi connectivity index (χ3v) is 2.28. The molecule has 1 atom stereocenters. The lowest BCUT2D eigenvalue weighted by atomic mass is 10.4. The summed E-state index contributed by atoms with van der Waals surface area (Å²) in [6, 6.07) is 1.53. The highest BCUT2D eigenvalue weighted by molar-refractivity contribution is 6.14. The minimum absolute atomic E-state index is 0.275. The van der Waals surface area contributed by atoms with E-state index in [0.717, 1.165) is 17.1 Å². The van der Waals surface area contributed by atoms with E-state index in [0.29, 0.717) is 6.54 Å². The Morgan fingerprint density at radius 3 is 2.53 bits per heavy atom. The van der Waals surface area contributed by atoms with Crippen LogP contribution < -0.4 is 0 Å². The number of amides is 3. The quantitative estimate of drug-likeness (QED) is 0.412. The fourth-order valence-electron chi connectivity index (χ4n) is 1.34. The zero-order valence-corrected chi connectivity index (χ0v) is 7.71. The van der Waals surface area contributed by atoms with Gasteiger partial charge in [0.1, 0.15) is 12.6 Å². The zero-order valence-electron chi connectivity index (χ0n) is 7.71. The number of hydrogen-bond donors (Lipinski definition) is 0. The SMILES string of the molecule is N#CC1CN1C(=O)CN1C(=O)C=CC1=O. The van der Waals surface area contributed by atoms with Crippen LogP contribution in [0.1, 0.15) is 0 Å². The molecule has 0 aromatic heterocycles. The Hall–Kier alpha value is -2.16. The van der Waals surface area contributed by atoms with Crippen molar-refractivity contribution >= 4 is 17.7 Å². The molecule has 6 heteroatoms. The van der Waals surface area contributed by atoms with E-state index in [9.17, 15) is 14.4 Å². The average Bonchev–Trinajstić information content (AvgIpc) is 2.95. The summed E-state index contributed by atoms with van der Waals surface area (Å²) >= 11 is 0. The van der Waals surface area contributed by atoms with Crippen LogP contribution in [0, 0.1) is 11.3 Å². The van der Waals surface area contributed by atoms with Crippen LogP contribution in [0.5, 0.6) is 0 Å². The minimum atomic E-state index is -0.483. The summed E-state index contributed by atoms with van der Waals surface area (Å²) in [5, 5.41) is 8.49. The maximum atomic E-state index is 11.4. The molecule has 76 valence electrons. The fraction of sp³-hybridized carbons (Fsp3) is 0.333. The Balaban J connectivity index is 1.94. The molecule has 0 radical (unpaired) electrons. The topological polar surface area (TPSA) is 81.2 Å². The van der Waals surface area contributed by atoms with Gasteiger partial charge in [0, 0.05) is 12.2 Å². The largest absolute Gasteiger partial charge is 0.320 e. The molecule has 2 heterocycles. The van der Waals surface area contributed by atoms with Crippen molar-refractivity contribution in [2.45, 2.75) is 6.04 Å². The molecule has 0 bridgehead atoms. The van der Waals surface area contributed by atoms with Crippen molar-refractivity contribution in [3.63, 3.8) is 0 Å². The number of carbonyl (C=O) groups excluding carboxylic acids is 3. The van der Waals surface area contributed by atoms with Gasteiger partial charge in [-0.15, -0.1) is 0 Å². The molecule has 3 amide bonds. The monoisotopic (exact) mass is 205 g/mol. The van der Waals surface area contributed by atoms with Crippen molar-refractivity contribution in [3.8, 4) is 6.07 Å². The second kappa shape index (κ2) is 3.20. The first-order valence-corrected chi connectivity index (χ1v) is 4.36. The average molecular weight is 205 g/mol. The maximum Gasteiger partial charge on any atom is 0.254 e. The van der Waals surface area contributed by atoms with Crippen LogP contribution in [0.3, 0.4) is 0 Å². The van der Waals surface area contributed by atoms with Gasteiger partial charge in [-0.1, -0.05) is 0 Å². The molecule has 0 N–H and O–H groups in total. The molecule has 15 heavy (non-hydrogen) atoms. The predicted octanol–water partition coefficient (Wildman–Crippen LogP) is -1.35. The lowest BCUT2D eigenvalue weighted by Gasteiger charge is -2.12. The molecule has 0 aromatic carbocycles. The van der Waals surface area contributed by atoms with Gasteiger partial charge in [-0.25, -0.2) is 0 Å². The molecule has 6 nitrogen and oxygen atoms in total. The first-order valence-electron chi connectivity index (χ1n) is 4.36. The number of hydrogen-bond acceptors (Lipinski definition) is 4. The van der Waals surface area contributed by atoms with Crippen molar-refractivity contribution in [3.05, 3.63) is 12.2 Å². The highest BCUT2D eigenvalue weighted by atomic mass is 16.2. The lowest BCUT2D eigenvalue weighted by molar-refractivity contribution is -0.142. The van der Waals surface area contributed by atoms with E-state index in [2.05, 4.69) is 0 Å². The van der Waals surface area contributed by atoms with Gasteiger partial charge in [0.2, 0.25) is 5.91 Å². The van der Waals surface area contributed by atoms with Crippen LogP contribution in [-0.2, 0) is 14.4 Å². The molecule has 2 aliphatic heterocycles. The maximum absolute atomic E-state index is 11.4. The lowest BCUT2D eigenvalue weighted by Crippen LogP contribution is -2.37. The first-order chi connectivity index (χ1) is 7.13. The van der Waals surface area contributed by atoms with E-state index in [1.807, 2.05) is 6.07 Å². The molecule has 1 unspecified atom stereocenters. The van der Waals surface area contributed by atoms with Gasteiger partial charge in [0.25, 0.3) is 11.8 Å². The zero-order chi connectivity index (χ0) is 11.0. The number of carbonyl (C=O) groups is 3. The summed E-state index contributed by atoms with van der Waals surface area (Å²) < 4.78 is 0. The number of nitriles is 1. The molecule has 0 aliphatic carbocycles. The summed E-state index contributed by atoms with van der Waals surface area (Å²) in [6.45, 7) is 0.113. The van der Waals surface area contributed by atoms with Crippen LogP contribution >= 0.6 is 0 Å².